The number of hydrogen-bond donors (Lipinski definition) is 1. The lowest BCUT2D eigenvalue weighted by Gasteiger charge is -2.22. The van der Waals surface area contributed by atoms with Crippen LogP contribution in [-0.4, -0.2) is 42.7 Å². The summed E-state index contributed by atoms with van der Waals surface area (Å²) in [6, 6.07) is 5.28. The monoisotopic (exact) mass is 510 g/mol. The van der Waals surface area contributed by atoms with Crippen molar-refractivity contribution in [2.75, 3.05) is 13.7 Å². The molecular formula is C29H38N2O6. The van der Waals surface area contributed by atoms with Crippen molar-refractivity contribution in [2.24, 2.45) is 5.92 Å². The summed E-state index contributed by atoms with van der Waals surface area (Å²) in [6.45, 7) is 14.5. The maximum atomic E-state index is 12.7. The molecule has 4 rings (SSSR count). The van der Waals surface area contributed by atoms with E-state index in [1.165, 1.54) is 0 Å². The van der Waals surface area contributed by atoms with Gasteiger partial charge in [0.15, 0.2) is 0 Å². The van der Waals surface area contributed by atoms with Gasteiger partial charge >= 0.3 is 5.97 Å². The van der Waals surface area contributed by atoms with Gasteiger partial charge in [-0.15, -0.1) is 0 Å². The van der Waals surface area contributed by atoms with Crippen molar-refractivity contribution in [1.29, 1.82) is 0 Å². The zero-order chi connectivity index (χ0) is 27.8. The minimum absolute atomic E-state index is 0.0343. The van der Waals surface area contributed by atoms with Gasteiger partial charge in [-0.2, -0.15) is 0 Å². The third-order valence-corrected chi connectivity index (χ3v) is 6.01. The van der Waals surface area contributed by atoms with Gasteiger partial charge in [-0.05, 0) is 69.5 Å². The molecule has 2 aliphatic heterocycles. The molecular weight excluding hydrogens is 472 g/mol. The molecule has 0 saturated carbocycles. The average molecular weight is 511 g/mol. The van der Waals surface area contributed by atoms with E-state index < -0.39 is 5.92 Å². The van der Waals surface area contributed by atoms with Crippen LogP contribution < -0.4 is 10.1 Å². The van der Waals surface area contributed by atoms with E-state index in [9.17, 15) is 14.4 Å². The molecule has 0 radical (unpaired) electrons. The van der Waals surface area contributed by atoms with Crippen LogP contribution in [0.25, 0.3) is 17.0 Å². The Balaban J connectivity index is 0.000000531. The first kappa shape index (κ1) is 29.7. The normalized spacial score (nSPS) is 17.7. The van der Waals surface area contributed by atoms with Gasteiger partial charge < -0.3 is 19.5 Å². The molecule has 1 aromatic carbocycles. The van der Waals surface area contributed by atoms with E-state index in [0.717, 1.165) is 27.7 Å². The molecule has 37 heavy (non-hydrogen) atoms. The fourth-order valence-corrected chi connectivity index (χ4v) is 3.86. The predicted octanol–water partition coefficient (Wildman–Crippen LogP) is 4.92. The number of carbonyl (C=O) groups excluding carboxylic acids is 3. The van der Waals surface area contributed by atoms with Gasteiger partial charge in [0, 0.05) is 24.6 Å². The number of hydrogen-bond acceptors (Lipinski definition) is 7. The molecule has 0 aliphatic carbocycles. The lowest BCUT2D eigenvalue weighted by atomic mass is 9.92. The predicted molar refractivity (Wildman–Crippen MR) is 144 cm³/mol. The molecule has 1 atom stereocenters. The van der Waals surface area contributed by atoms with Crippen molar-refractivity contribution in [3.05, 3.63) is 52.2 Å². The first-order valence-electron chi connectivity index (χ1n) is 12.6. The highest BCUT2D eigenvalue weighted by atomic mass is 16.5. The largest absolute Gasteiger partial charge is 0.460 e. The van der Waals surface area contributed by atoms with Crippen LogP contribution in [0.2, 0.25) is 0 Å². The topological polar surface area (TPSA) is 104 Å². The Kier molecular flexibility index (Phi) is 10.6. The average Bonchev–Trinajstić information content (AvgIpc) is 2.95. The number of esters is 1. The Labute approximate surface area is 219 Å². The van der Waals surface area contributed by atoms with Crippen LogP contribution in [0.15, 0.2) is 35.4 Å². The number of aromatic nitrogens is 1. The van der Waals surface area contributed by atoms with E-state index in [2.05, 4.69) is 5.32 Å². The van der Waals surface area contributed by atoms with Crippen molar-refractivity contribution < 1.29 is 28.6 Å². The molecule has 2 aromatic rings. The van der Waals surface area contributed by atoms with Gasteiger partial charge in [0.05, 0.1) is 28.3 Å². The van der Waals surface area contributed by atoms with E-state index >= 15 is 0 Å². The molecule has 0 spiro atoms. The fourth-order valence-electron chi connectivity index (χ4n) is 3.86. The van der Waals surface area contributed by atoms with Crippen molar-refractivity contribution in [3.8, 4) is 5.75 Å². The Morgan fingerprint density at radius 3 is 2.46 bits per heavy atom. The number of ether oxygens (including phenoxy) is 3. The Morgan fingerprint density at radius 2 is 1.86 bits per heavy atom. The number of cyclic esters (lactones) is 1. The highest BCUT2D eigenvalue weighted by molar-refractivity contribution is 5.98. The van der Waals surface area contributed by atoms with Gasteiger partial charge in [0.1, 0.15) is 12.4 Å². The lowest BCUT2D eigenvalue weighted by molar-refractivity contribution is -0.147. The zero-order valence-electron chi connectivity index (χ0n) is 23.1. The van der Waals surface area contributed by atoms with Crippen molar-refractivity contribution >= 4 is 35.3 Å². The van der Waals surface area contributed by atoms with Crippen molar-refractivity contribution in [1.82, 2.24) is 10.3 Å². The lowest BCUT2D eigenvalue weighted by Crippen LogP contribution is -2.33. The number of carbonyl (C=O) groups is 3. The van der Waals surface area contributed by atoms with E-state index in [4.69, 9.17) is 19.2 Å². The summed E-state index contributed by atoms with van der Waals surface area (Å²) in [6.07, 6.45) is 4.36. The molecule has 1 unspecified atom stereocenters. The summed E-state index contributed by atoms with van der Waals surface area (Å²) in [5.41, 5.74) is 4.57. The number of aryl methyl sites for hydroxylation is 1. The minimum atomic E-state index is -0.517. The van der Waals surface area contributed by atoms with Gasteiger partial charge in [0.25, 0.3) is 12.4 Å². The van der Waals surface area contributed by atoms with Crippen LogP contribution >= 0.6 is 0 Å². The Morgan fingerprint density at radius 1 is 1.19 bits per heavy atom. The molecule has 0 fully saturated rings. The van der Waals surface area contributed by atoms with Gasteiger partial charge in [-0.3, -0.25) is 14.4 Å². The van der Waals surface area contributed by atoms with Gasteiger partial charge in [-0.25, -0.2) is 4.98 Å². The number of nitrogens with zero attached hydrogens (tertiary/aromatic N) is 1. The molecule has 200 valence electrons. The summed E-state index contributed by atoms with van der Waals surface area (Å²) in [4.78, 5) is 40.2. The van der Waals surface area contributed by atoms with Crippen molar-refractivity contribution in [3.63, 3.8) is 0 Å². The second-order valence-corrected chi connectivity index (χ2v) is 9.30. The second-order valence-electron chi connectivity index (χ2n) is 9.30. The number of allylic oxidation sites excluding steroid dienone is 1. The first-order chi connectivity index (χ1) is 17.6. The zero-order valence-corrected chi connectivity index (χ0v) is 23.1. The Bertz CT molecular complexity index is 1210. The van der Waals surface area contributed by atoms with Crippen LogP contribution in [0.3, 0.4) is 0 Å². The van der Waals surface area contributed by atoms with E-state index in [1.54, 1.807) is 38.3 Å². The van der Waals surface area contributed by atoms with Crippen molar-refractivity contribution in [2.45, 2.75) is 67.0 Å². The fraction of sp³-hybridized carbons (Fsp3) is 0.448. The number of rotatable bonds is 3. The Hall–Kier alpha value is -3.52. The number of amides is 1. The molecule has 1 N–H and O–H groups in total. The molecule has 0 saturated heterocycles. The molecule has 3 heterocycles. The smallest absolute Gasteiger partial charge is 0.313 e. The molecule has 1 amide bonds. The van der Waals surface area contributed by atoms with Gasteiger partial charge in [-0.1, -0.05) is 26.8 Å². The van der Waals surface area contributed by atoms with E-state index in [1.807, 2.05) is 47.6 Å². The third-order valence-electron chi connectivity index (χ3n) is 6.01. The van der Waals surface area contributed by atoms with E-state index in [-0.39, 0.29) is 24.1 Å². The minimum Gasteiger partial charge on any atom is -0.460 e. The highest BCUT2D eigenvalue weighted by Crippen LogP contribution is 2.31. The highest BCUT2D eigenvalue weighted by Gasteiger charge is 2.30. The number of methoxy groups -OCH3 is 1. The quantitative estimate of drug-likeness (QED) is 0.462. The van der Waals surface area contributed by atoms with Crippen LogP contribution in [0.4, 0.5) is 0 Å². The maximum Gasteiger partial charge on any atom is 0.313 e. The van der Waals surface area contributed by atoms with Crippen LogP contribution in [0.5, 0.6) is 5.75 Å². The first-order valence-corrected chi connectivity index (χ1v) is 12.6. The number of pyridine rings is 1. The molecule has 8 heteroatoms. The maximum absolute atomic E-state index is 12.7. The van der Waals surface area contributed by atoms with Crippen LogP contribution in [0, 0.1) is 5.92 Å². The van der Waals surface area contributed by atoms with Gasteiger partial charge in [0.2, 0.25) is 0 Å². The molecule has 2 aliphatic rings. The SMILES string of the molecule is CC.CCc1c2c(nc3ccc(OC=O)cc13)/C=C/C1=C(COC(=O)C1C)C(=O)NC2.COC(C)(C)C. The summed E-state index contributed by atoms with van der Waals surface area (Å²) in [5, 5.41) is 3.81. The molecule has 0 bridgehead atoms. The summed E-state index contributed by atoms with van der Waals surface area (Å²) >= 11 is 0. The molecule has 1 aromatic heterocycles. The van der Waals surface area contributed by atoms with E-state index in [0.29, 0.717) is 36.3 Å². The number of benzene rings is 1. The van der Waals surface area contributed by atoms with Crippen LogP contribution in [0.1, 0.15) is 65.3 Å². The van der Waals surface area contributed by atoms with Crippen LogP contribution in [-0.2, 0) is 36.8 Å². The summed E-state index contributed by atoms with van der Waals surface area (Å²) in [5.74, 6) is -0.675. The summed E-state index contributed by atoms with van der Waals surface area (Å²) < 4.78 is 15.1. The summed E-state index contributed by atoms with van der Waals surface area (Å²) in [7, 11) is 1.71. The third kappa shape index (κ3) is 7.26. The molecule has 8 nitrogen and oxygen atoms in total. The standard InChI is InChI=1S/C22H20N2O5.C5H12O.C2H6/c1-3-14-16-8-13(29-11-25)4-6-19(16)24-20-7-5-15-12(2)22(27)28-10-18(15)21(26)23-9-17(14)20;1-5(2,3)6-4;1-2/h4-8,11-12H,3,9-10H2,1-2H3,(H,23,26);1-4H3;1-2H3/b7-5+;;. The number of fused-ring (bicyclic) bond motifs is 2. The number of nitrogens with one attached hydrogen (secondary N) is 1. The second kappa shape index (κ2) is 13.1.